The molecule has 4 rings (SSSR count). The Labute approximate surface area is 211 Å². The van der Waals surface area contributed by atoms with Crippen LogP contribution >= 0.6 is 10.0 Å². The van der Waals surface area contributed by atoms with E-state index in [0.717, 1.165) is 17.7 Å². The lowest BCUT2D eigenvalue weighted by atomic mass is 9.58. The number of benzene rings is 1. The first kappa shape index (κ1) is 26.2. The third-order valence-corrected chi connectivity index (χ3v) is 9.12. The number of likely N-dealkylation sites (N-methyl/N-ethyl adjacent to an activating group) is 1. The van der Waals surface area contributed by atoms with E-state index in [2.05, 4.69) is 18.8 Å². The van der Waals surface area contributed by atoms with Crippen LogP contribution in [0.5, 0.6) is 5.75 Å². The van der Waals surface area contributed by atoms with Gasteiger partial charge in [-0.3, -0.25) is 19.3 Å². The largest absolute Gasteiger partial charge is 0.510 e. The molecule has 1 aromatic rings. The first-order chi connectivity index (χ1) is 16.6. The van der Waals surface area contributed by atoms with Crippen LogP contribution in [0.15, 0.2) is 34.8 Å². The van der Waals surface area contributed by atoms with Crippen molar-refractivity contribution in [3.05, 3.63) is 51.5 Å². The van der Waals surface area contributed by atoms with Crippen LogP contribution in [0, 0.1) is 11.8 Å². The quantitative estimate of drug-likeness (QED) is 0.365. The number of nitrogens with zero attached hydrogens (tertiary/aromatic N) is 1. The average molecular weight is 519 g/mol. The first-order valence-electron chi connectivity index (χ1n) is 11.8. The van der Waals surface area contributed by atoms with E-state index >= 15 is 0 Å². The zero-order chi connectivity index (χ0) is 26.9. The van der Waals surface area contributed by atoms with E-state index in [1.807, 2.05) is 6.07 Å². The third kappa shape index (κ3) is 3.82. The predicted octanol–water partition coefficient (Wildman–Crippen LogP) is 1.36. The molecular formula is C26H34N2O7S. The van der Waals surface area contributed by atoms with Crippen LogP contribution in [0.1, 0.15) is 27.9 Å². The fraction of sp³-hybridized carbons (Fsp3) is 0.500. The number of ketones is 2. The maximum atomic E-state index is 13.7. The average Bonchev–Trinajstić information content (AvgIpc) is 2.74. The molecule has 0 aliphatic heterocycles. The molecule has 1 aromatic carbocycles. The van der Waals surface area contributed by atoms with Crippen LogP contribution < -0.4 is 5.73 Å². The van der Waals surface area contributed by atoms with Crippen molar-refractivity contribution in [3.8, 4) is 5.75 Å². The van der Waals surface area contributed by atoms with Crippen molar-refractivity contribution in [2.75, 3.05) is 38.6 Å². The van der Waals surface area contributed by atoms with Gasteiger partial charge >= 0.3 is 0 Å². The summed E-state index contributed by atoms with van der Waals surface area (Å²) >= 11 is 0. The number of carbonyl (C=O) groups is 3. The van der Waals surface area contributed by atoms with Crippen molar-refractivity contribution in [1.29, 1.82) is 0 Å². The minimum Gasteiger partial charge on any atom is -0.510 e. The molecule has 4 atom stereocenters. The number of amides is 1. The van der Waals surface area contributed by atoms with Crippen molar-refractivity contribution >= 4 is 27.5 Å². The summed E-state index contributed by atoms with van der Waals surface area (Å²) in [5, 5.41) is 44.4. The zero-order valence-corrected chi connectivity index (χ0v) is 22.0. The highest BCUT2D eigenvalue weighted by atomic mass is 32.3. The van der Waals surface area contributed by atoms with Crippen LogP contribution in [0.25, 0.3) is 0 Å². The van der Waals surface area contributed by atoms with Crippen molar-refractivity contribution < 1.29 is 34.8 Å². The molecule has 0 bridgehead atoms. The van der Waals surface area contributed by atoms with Gasteiger partial charge in [0.2, 0.25) is 5.78 Å². The van der Waals surface area contributed by atoms with Crippen LogP contribution in [0.2, 0.25) is 0 Å². The number of allylic oxidation sites excluding steroid dienone is 1. The van der Waals surface area contributed by atoms with Crippen molar-refractivity contribution in [2.45, 2.75) is 30.9 Å². The van der Waals surface area contributed by atoms with Crippen LogP contribution in [0.3, 0.4) is 0 Å². The number of hydrogen-bond donors (Lipinski definition) is 5. The number of nitrogens with two attached hydrogens (primary N) is 1. The Morgan fingerprint density at radius 3 is 2.36 bits per heavy atom. The normalized spacial score (nSPS) is 28.7. The summed E-state index contributed by atoms with van der Waals surface area (Å²) in [5.74, 6) is -5.41. The summed E-state index contributed by atoms with van der Waals surface area (Å²) in [6.07, 6.45) is 7.74. The van der Waals surface area contributed by atoms with Crippen molar-refractivity contribution in [3.63, 3.8) is 0 Å². The van der Waals surface area contributed by atoms with E-state index in [9.17, 15) is 34.8 Å². The number of Topliss-reactive ketones (excluding diaryl/α,β-unsaturated/α-hetero) is 2. The molecule has 6 N–H and O–H groups in total. The van der Waals surface area contributed by atoms with Crippen molar-refractivity contribution in [1.82, 2.24) is 4.90 Å². The van der Waals surface area contributed by atoms with Gasteiger partial charge in [0.05, 0.1) is 11.6 Å². The molecule has 0 radical (unpaired) electrons. The summed E-state index contributed by atoms with van der Waals surface area (Å²) in [6, 6.07) is 2.28. The lowest BCUT2D eigenvalue weighted by Gasteiger charge is -2.50. The van der Waals surface area contributed by atoms with E-state index in [0.29, 0.717) is 12.0 Å². The lowest BCUT2D eigenvalue weighted by molar-refractivity contribution is -0.148. The number of aliphatic hydroxyl groups is 3. The molecule has 196 valence electrons. The molecule has 0 saturated carbocycles. The molecule has 0 saturated heterocycles. The Balaban J connectivity index is 1.89. The van der Waals surface area contributed by atoms with Gasteiger partial charge in [-0.15, -0.1) is 0 Å². The molecule has 9 nitrogen and oxygen atoms in total. The second kappa shape index (κ2) is 8.64. The number of primary amides is 1. The number of fused-ring (bicyclic) bond motifs is 3. The highest BCUT2D eigenvalue weighted by Crippen LogP contribution is 2.52. The molecule has 3 aliphatic carbocycles. The highest BCUT2D eigenvalue weighted by molar-refractivity contribution is 8.32. The smallest absolute Gasteiger partial charge is 0.255 e. The topological polar surface area (TPSA) is 161 Å². The number of aromatic hydroxyl groups is 1. The van der Waals surface area contributed by atoms with Gasteiger partial charge in [-0.05, 0) is 81.0 Å². The minimum atomic E-state index is -2.62. The van der Waals surface area contributed by atoms with Crippen LogP contribution in [0.4, 0.5) is 0 Å². The molecule has 0 fully saturated rings. The molecular weight excluding hydrogens is 484 g/mol. The van der Waals surface area contributed by atoms with Gasteiger partial charge < -0.3 is 26.2 Å². The van der Waals surface area contributed by atoms with Crippen LogP contribution in [-0.4, -0.2) is 93.1 Å². The molecule has 0 heterocycles. The van der Waals surface area contributed by atoms with Crippen LogP contribution in [-0.2, 0) is 22.4 Å². The fourth-order valence-electron chi connectivity index (χ4n) is 5.97. The predicted molar refractivity (Wildman–Crippen MR) is 138 cm³/mol. The molecule has 1 amide bonds. The second-order valence-electron chi connectivity index (χ2n) is 11.1. The SMILES string of the molecule is CN(C)[C@@H]1C(O)=C(C(N)=O)C(=O)[C@@]2(O)C(O)=C3C(=O)c4c(O)ccc(CCS(C)(C)C)c4C[C@H]3C[C@@H]12. The Morgan fingerprint density at radius 1 is 1.17 bits per heavy atom. The number of rotatable bonds is 5. The number of aliphatic hydroxyl groups excluding tert-OH is 2. The molecule has 10 heteroatoms. The molecule has 0 aromatic heterocycles. The third-order valence-electron chi connectivity index (χ3n) is 7.69. The van der Waals surface area contributed by atoms with E-state index in [1.165, 1.54) is 6.07 Å². The van der Waals surface area contributed by atoms with E-state index in [1.54, 1.807) is 19.0 Å². The number of phenolic OH excluding ortho intramolecular Hbond substituents is 1. The molecule has 36 heavy (non-hydrogen) atoms. The summed E-state index contributed by atoms with van der Waals surface area (Å²) in [5.41, 5.74) is 3.51. The maximum Gasteiger partial charge on any atom is 0.255 e. The molecule has 3 aliphatic rings. The summed E-state index contributed by atoms with van der Waals surface area (Å²) in [7, 11) is 2.41. The highest BCUT2D eigenvalue weighted by Gasteiger charge is 2.63. The lowest BCUT2D eigenvalue weighted by Crippen LogP contribution is -2.63. The Hall–Kier alpha value is -2.82. The molecule has 0 unspecified atom stereocenters. The van der Waals surface area contributed by atoms with Crippen molar-refractivity contribution in [2.24, 2.45) is 17.6 Å². The standard InChI is InChI=1S/C26H34N2O7S/c1-28(2)20-15-11-13-10-14-12(8-9-36(3,4)5)6-7-16(29)18(14)21(30)17(13)23(32)26(15,35)24(33)19(22(20)31)25(27)34/h6-7,13,15,20,29,31-32,35H,8-11H2,1-5H3,(H2,27,34)/t13-,15-,20-,26-/m0/s1. The van der Waals surface area contributed by atoms with Gasteiger partial charge in [0, 0.05) is 11.5 Å². The number of carbonyl (C=O) groups excluding carboxylic acids is 3. The summed E-state index contributed by atoms with van der Waals surface area (Å²) in [6.45, 7) is 0. The summed E-state index contributed by atoms with van der Waals surface area (Å²) < 4.78 is 0. The van der Waals surface area contributed by atoms with E-state index in [4.69, 9.17) is 5.73 Å². The second-order valence-corrected chi connectivity index (χ2v) is 15.7. The van der Waals surface area contributed by atoms with Gasteiger partial charge in [0.1, 0.15) is 22.8 Å². The van der Waals surface area contributed by atoms with Gasteiger partial charge in [-0.25, -0.2) is 10.0 Å². The van der Waals surface area contributed by atoms with Gasteiger partial charge in [0.15, 0.2) is 11.4 Å². The number of phenols is 1. The minimum absolute atomic E-state index is 0.0668. The Kier molecular flexibility index (Phi) is 6.30. The zero-order valence-electron chi connectivity index (χ0n) is 21.2. The van der Waals surface area contributed by atoms with E-state index < -0.39 is 68.1 Å². The number of hydrogen-bond acceptors (Lipinski definition) is 8. The van der Waals surface area contributed by atoms with Gasteiger partial charge in [-0.1, -0.05) is 6.07 Å². The monoisotopic (exact) mass is 518 g/mol. The maximum absolute atomic E-state index is 13.7. The number of aryl methyl sites for hydroxylation is 1. The Morgan fingerprint density at radius 2 is 1.81 bits per heavy atom. The first-order valence-corrected chi connectivity index (χ1v) is 14.8. The molecule has 0 spiro atoms. The fourth-order valence-corrected chi connectivity index (χ4v) is 6.80. The Bertz CT molecular complexity index is 1240. The summed E-state index contributed by atoms with van der Waals surface area (Å²) in [4.78, 5) is 40.6. The van der Waals surface area contributed by atoms with Gasteiger partial charge in [0.25, 0.3) is 5.91 Å². The van der Waals surface area contributed by atoms with Gasteiger partial charge in [-0.2, -0.15) is 0 Å². The van der Waals surface area contributed by atoms with E-state index in [-0.39, 0.29) is 23.3 Å².